The van der Waals surface area contributed by atoms with E-state index in [4.69, 9.17) is 10.5 Å². The van der Waals surface area contributed by atoms with Gasteiger partial charge < -0.3 is 15.8 Å². The Hall–Kier alpha value is -2.39. The Morgan fingerprint density at radius 2 is 2.00 bits per heavy atom. The molecular formula is C13H16N2O6S. The largest absolute Gasteiger partial charge is 0.460 e. The molecule has 4 N–H and O–H groups in total. The Bertz CT molecular complexity index is 698. The van der Waals surface area contributed by atoms with Gasteiger partial charge in [0, 0.05) is 5.57 Å². The van der Waals surface area contributed by atoms with Crippen LogP contribution in [0.1, 0.15) is 18.5 Å². The fourth-order valence-corrected chi connectivity index (χ4v) is 2.43. The predicted molar refractivity (Wildman–Crippen MR) is 77.5 cm³/mol. The van der Waals surface area contributed by atoms with Crippen LogP contribution in [0.5, 0.6) is 0 Å². The predicted octanol–water partition coefficient (Wildman–Crippen LogP) is 0.762. The fraction of sp³-hybridized carbons (Fsp3) is 0.231. The highest BCUT2D eigenvalue weighted by Gasteiger charge is 2.24. The van der Waals surface area contributed by atoms with Gasteiger partial charge in [0.15, 0.2) is 0 Å². The molecule has 0 fully saturated rings. The number of carbonyl (C=O) groups excluding carboxylic acids is 2. The van der Waals surface area contributed by atoms with Crippen molar-refractivity contribution < 1.29 is 27.3 Å². The highest BCUT2D eigenvalue weighted by atomic mass is 32.2. The first-order valence-corrected chi connectivity index (χ1v) is 7.52. The van der Waals surface area contributed by atoms with Crippen molar-refractivity contribution in [3.05, 3.63) is 42.0 Å². The molecule has 1 unspecified atom stereocenters. The number of hydrogen-bond donors (Lipinski definition) is 3. The molecule has 0 saturated heterocycles. The summed E-state index contributed by atoms with van der Waals surface area (Å²) in [6, 6.07) is 3.42. The number of ether oxygens (including phenoxy) is 1. The molecule has 1 atom stereocenters. The molecule has 1 aromatic rings. The van der Waals surface area contributed by atoms with Crippen molar-refractivity contribution in [3.8, 4) is 0 Å². The molecule has 0 aromatic heterocycles. The monoisotopic (exact) mass is 328 g/mol. The second-order valence-electron chi connectivity index (χ2n) is 4.45. The molecule has 9 heteroatoms. The molecule has 2 amide bonds. The van der Waals surface area contributed by atoms with Crippen LogP contribution in [-0.4, -0.2) is 31.6 Å². The zero-order chi connectivity index (χ0) is 16.9. The Labute approximate surface area is 127 Å². The molecule has 120 valence electrons. The van der Waals surface area contributed by atoms with Crippen LogP contribution in [0.15, 0.2) is 41.3 Å². The molecule has 22 heavy (non-hydrogen) atoms. The lowest BCUT2D eigenvalue weighted by Crippen LogP contribution is -2.36. The van der Waals surface area contributed by atoms with E-state index in [1.807, 2.05) is 0 Å². The molecule has 0 aliphatic rings. The second kappa shape index (κ2) is 7.05. The number of nitrogens with two attached hydrogens (primary N) is 1. The van der Waals surface area contributed by atoms with Crippen LogP contribution >= 0.6 is 0 Å². The van der Waals surface area contributed by atoms with E-state index in [1.165, 1.54) is 25.1 Å². The number of urea groups is 1. The van der Waals surface area contributed by atoms with Crippen molar-refractivity contribution in [2.75, 3.05) is 6.61 Å². The summed E-state index contributed by atoms with van der Waals surface area (Å²) in [6.45, 7) is 4.46. The summed E-state index contributed by atoms with van der Waals surface area (Å²) in [4.78, 5) is 22.1. The van der Waals surface area contributed by atoms with Crippen LogP contribution in [0.2, 0.25) is 0 Å². The van der Waals surface area contributed by atoms with Crippen LogP contribution in [0.3, 0.4) is 0 Å². The zero-order valence-electron chi connectivity index (χ0n) is 11.8. The van der Waals surface area contributed by atoms with Crippen LogP contribution in [0, 0.1) is 0 Å². The van der Waals surface area contributed by atoms with Gasteiger partial charge in [0.05, 0.1) is 10.9 Å². The highest BCUT2D eigenvalue weighted by Crippen LogP contribution is 2.23. The number of carbonyl (C=O) groups is 2. The second-order valence-corrected chi connectivity index (χ2v) is 5.84. The third-order valence-electron chi connectivity index (χ3n) is 2.62. The van der Waals surface area contributed by atoms with Gasteiger partial charge in [0.1, 0.15) is 6.61 Å². The van der Waals surface area contributed by atoms with Gasteiger partial charge in [-0.05, 0) is 18.6 Å². The Kier molecular flexibility index (Phi) is 5.66. The smallest absolute Gasteiger partial charge is 0.333 e. The van der Waals surface area contributed by atoms with Crippen molar-refractivity contribution in [3.63, 3.8) is 0 Å². The average molecular weight is 328 g/mol. The van der Waals surface area contributed by atoms with E-state index < -0.39 is 33.1 Å². The van der Waals surface area contributed by atoms with E-state index in [0.29, 0.717) is 0 Å². The molecule has 1 rings (SSSR count). The van der Waals surface area contributed by atoms with Crippen LogP contribution in [0.25, 0.3) is 0 Å². The maximum Gasteiger partial charge on any atom is 0.333 e. The molecular weight excluding hydrogens is 312 g/mol. The van der Waals surface area contributed by atoms with Crippen LogP contribution in [-0.2, 0) is 19.6 Å². The molecule has 0 radical (unpaired) electrons. The van der Waals surface area contributed by atoms with E-state index in [0.717, 1.165) is 6.07 Å². The lowest BCUT2D eigenvalue weighted by molar-refractivity contribution is -0.139. The summed E-state index contributed by atoms with van der Waals surface area (Å²) in [5.74, 6) is -0.708. The lowest BCUT2D eigenvalue weighted by atomic mass is 10.1. The van der Waals surface area contributed by atoms with Gasteiger partial charge in [-0.25, -0.2) is 9.59 Å². The van der Waals surface area contributed by atoms with E-state index in [2.05, 4.69) is 11.9 Å². The van der Waals surface area contributed by atoms with Gasteiger partial charge in [-0.15, -0.1) is 0 Å². The SMILES string of the molecule is C=C(C)C(=O)OCC(NC(N)=O)c1ccccc1S(=O)(=O)O. The van der Waals surface area contributed by atoms with Crippen molar-refractivity contribution >= 4 is 22.1 Å². The molecule has 0 spiro atoms. The number of esters is 1. The third kappa shape index (κ3) is 4.86. The van der Waals surface area contributed by atoms with Gasteiger partial charge in [0.2, 0.25) is 0 Å². The maximum absolute atomic E-state index is 11.4. The van der Waals surface area contributed by atoms with Crippen molar-refractivity contribution in [1.29, 1.82) is 0 Å². The first-order valence-electron chi connectivity index (χ1n) is 6.08. The summed E-state index contributed by atoms with van der Waals surface area (Å²) in [7, 11) is -4.52. The summed E-state index contributed by atoms with van der Waals surface area (Å²) in [5.41, 5.74) is 5.22. The summed E-state index contributed by atoms with van der Waals surface area (Å²) < 4.78 is 36.9. The molecule has 0 heterocycles. The lowest BCUT2D eigenvalue weighted by Gasteiger charge is -2.20. The van der Waals surface area contributed by atoms with E-state index in [-0.39, 0.29) is 17.7 Å². The molecule has 1 aromatic carbocycles. The first-order chi connectivity index (χ1) is 10.1. The summed E-state index contributed by atoms with van der Waals surface area (Å²) in [5, 5.41) is 2.26. The Morgan fingerprint density at radius 3 is 2.50 bits per heavy atom. The fourth-order valence-electron chi connectivity index (χ4n) is 1.67. The summed E-state index contributed by atoms with van der Waals surface area (Å²) in [6.07, 6.45) is 0. The maximum atomic E-state index is 11.4. The summed E-state index contributed by atoms with van der Waals surface area (Å²) >= 11 is 0. The Morgan fingerprint density at radius 1 is 1.41 bits per heavy atom. The zero-order valence-corrected chi connectivity index (χ0v) is 12.6. The van der Waals surface area contributed by atoms with Gasteiger partial charge in [-0.1, -0.05) is 24.8 Å². The minimum absolute atomic E-state index is 0.0401. The number of hydrogen-bond acceptors (Lipinski definition) is 5. The quantitative estimate of drug-likeness (QED) is 0.401. The first kappa shape index (κ1) is 17.7. The van der Waals surface area contributed by atoms with Crippen LogP contribution < -0.4 is 11.1 Å². The molecule has 8 nitrogen and oxygen atoms in total. The molecule has 0 aliphatic heterocycles. The molecule has 0 saturated carbocycles. The van der Waals surface area contributed by atoms with Crippen molar-refractivity contribution in [1.82, 2.24) is 5.32 Å². The van der Waals surface area contributed by atoms with Gasteiger partial charge in [-0.3, -0.25) is 4.55 Å². The average Bonchev–Trinajstić information content (AvgIpc) is 2.41. The minimum Gasteiger partial charge on any atom is -0.460 e. The van der Waals surface area contributed by atoms with E-state index in [9.17, 15) is 22.6 Å². The number of rotatable bonds is 6. The standard InChI is InChI=1S/C13H16N2O6S/c1-8(2)12(16)21-7-10(15-13(14)17)9-5-3-4-6-11(9)22(18,19)20/h3-6,10H,1,7H2,2H3,(H3,14,15,17)(H,18,19,20). The van der Waals surface area contributed by atoms with Crippen LogP contribution in [0.4, 0.5) is 4.79 Å². The van der Waals surface area contributed by atoms with Gasteiger partial charge >= 0.3 is 12.0 Å². The van der Waals surface area contributed by atoms with Gasteiger partial charge in [-0.2, -0.15) is 8.42 Å². The Balaban J connectivity index is 3.15. The van der Waals surface area contributed by atoms with Gasteiger partial charge in [0.25, 0.3) is 10.1 Å². The van der Waals surface area contributed by atoms with E-state index >= 15 is 0 Å². The molecule has 0 aliphatic carbocycles. The number of benzene rings is 1. The van der Waals surface area contributed by atoms with E-state index in [1.54, 1.807) is 0 Å². The normalized spacial score (nSPS) is 12.3. The number of amides is 2. The molecule has 0 bridgehead atoms. The highest BCUT2D eigenvalue weighted by molar-refractivity contribution is 7.85. The topological polar surface area (TPSA) is 136 Å². The number of nitrogens with one attached hydrogen (secondary N) is 1. The van der Waals surface area contributed by atoms with Crippen molar-refractivity contribution in [2.45, 2.75) is 17.9 Å². The minimum atomic E-state index is -4.52. The van der Waals surface area contributed by atoms with Crippen molar-refractivity contribution in [2.24, 2.45) is 5.73 Å². The number of primary amides is 1. The third-order valence-corrected chi connectivity index (χ3v) is 3.55.